The van der Waals surface area contributed by atoms with E-state index in [4.69, 9.17) is 4.74 Å². The topological polar surface area (TPSA) is 83.8 Å². The Morgan fingerprint density at radius 2 is 1.96 bits per heavy atom. The molecule has 0 atom stereocenters. The predicted octanol–water partition coefficient (Wildman–Crippen LogP) is 2.09. The average Bonchev–Trinajstić information content (AvgIpc) is 3.04. The van der Waals surface area contributed by atoms with Crippen molar-refractivity contribution >= 4 is 39.0 Å². The van der Waals surface area contributed by atoms with E-state index in [2.05, 4.69) is 41.6 Å². The van der Waals surface area contributed by atoms with Crippen LogP contribution in [0.2, 0.25) is 0 Å². The number of hydrazine groups is 1. The molecule has 1 aliphatic heterocycles. The number of nitrogens with zero attached hydrogens (tertiary/aromatic N) is 4. The summed E-state index contributed by atoms with van der Waals surface area (Å²) in [5, 5.41) is 0. The summed E-state index contributed by atoms with van der Waals surface area (Å²) in [6, 6.07) is 9.40. The lowest BCUT2D eigenvalue weighted by atomic mass is 10.3. The van der Waals surface area contributed by atoms with Gasteiger partial charge in [0.15, 0.2) is 17.2 Å². The van der Waals surface area contributed by atoms with Crippen molar-refractivity contribution in [2.24, 2.45) is 0 Å². The number of para-hydroxylation sites is 1. The summed E-state index contributed by atoms with van der Waals surface area (Å²) in [6.45, 7) is 2.79. The minimum atomic E-state index is -0.336. The van der Waals surface area contributed by atoms with Gasteiger partial charge in [-0.25, -0.2) is 9.97 Å². The third-order valence-electron chi connectivity index (χ3n) is 4.09. The molecule has 1 fully saturated rings. The minimum absolute atomic E-state index is 0.288. The summed E-state index contributed by atoms with van der Waals surface area (Å²) >= 11 is 3.48. The molecule has 2 aromatic heterocycles. The fraction of sp³-hybridized carbons (Fsp3) is 0.235. The summed E-state index contributed by atoms with van der Waals surface area (Å²) < 4.78 is 7.79. The highest BCUT2D eigenvalue weighted by Crippen LogP contribution is 2.25. The van der Waals surface area contributed by atoms with Crippen LogP contribution in [0.15, 0.2) is 47.3 Å². The van der Waals surface area contributed by atoms with Crippen molar-refractivity contribution < 1.29 is 9.53 Å². The van der Waals surface area contributed by atoms with E-state index >= 15 is 0 Å². The zero-order valence-corrected chi connectivity index (χ0v) is 15.4. The van der Waals surface area contributed by atoms with Gasteiger partial charge < -0.3 is 9.64 Å². The molecule has 1 amide bonds. The number of carbonyl (C=O) groups is 1. The molecule has 3 aromatic rings. The summed E-state index contributed by atoms with van der Waals surface area (Å²) in [6.07, 6.45) is 3.48. The fourth-order valence-corrected chi connectivity index (χ4v) is 3.34. The first-order valence-electron chi connectivity index (χ1n) is 8.20. The normalized spacial score (nSPS) is 14.4. The number of halogens is 1. The van der Waals surface area contributed by atoms with Crippen LogP contribution < -0.4 is 15.8 Å². The van der Waals surface area contributed by atoms with Gasteiger partial charge >= 0.3 is 0 Å². The molecular weight excluding hydrogens is 400 g/mol. The van der Waals surface area contributed by atoms with Gasteiger partial charge in [-0.3, -0.25) is 20.0 Å². The van der Waals surface area contributed by atoms with Crippen molar-refractivity contribution in [2.45, 2.75) is 0 Å². The third kappa shape index (κ3) is 3.23. The molecule has 3 heterocycles. The van der Waals surface area contributed by atoms with E-state index < -0.39 is 0 Å². The van der Waals surface area contributed by atoms with Gasteiger partial charge in [0.05, 0.1) is 18.9 Å². The molecule has 0 unspecified atom stereocenters. The Hall–Kier alpha value is -2.65. The second kappa shape index (κ2) is 7.30. The van der Waals surface area contributed by atoms with Crippen LogP contribution in [0.3, 0.4) is 0 Å². The van der Waals surface area contributed by atoms with Crippen LogP contribution >= 0.6 is 15.9 Å². The Kier molecular flexibility index (Phi) is 4.72. The van der Waals surface area contributed by atoms with Gasteiger partial charge in [0, 0.05) is 25.5 Å². The summed E-state index contributed by atoms with van der Waals surface area (Å²) in [4.78, 5) is 23.7. The standard InChI is InChI=1S/C17H17BrN6O2/c18-14-13(17(25)22-21-12-4-2-1-3-5-12)20-16-15(19-6-7-24(14)16)23-8-10-26-11-9-23/h1-7,21H,8-11H2,(H,22,25). The molecule has 4 rings (SSSR count). The number of anilines is 2. The zero-order valence-electron chi connectivity index (χ0n) is 13.9. The highest BCUT2D eigenvalue weighted by atomic mass is 79.9. The lowest BCUT2D eigenvalue weighted by molar-refractivity contribution is 0.0957. The lowest BCUT2D eigenvalue weighted by Crippen LogP contribution is -2.37. The maximum absolute atomic E-state index is 12.6. The number of benzene rings is 1. The van der Waals surface area contributed by atoms with Crippen LogP contribution in [0, 0.1) is 0 Å². The van der Waals surface area contributed by atoms with Crippen molar-refractivity contribution in [3.8, 4) is 0 Å². The Morgan fingerprint density at radius 3 is 2.73 bits per heavy atom. The molecule has 0 saturated carbocycles. The van der Waals surface area contributed by atoms with E-state index in [1.807, 2.05) is 34.7 Å². The molecule has 0 bridgehead atoms. The van der Waals surface area contributed by atoms with Gasteiger partial charge in [0.2, 0.25) is 0 Å². The van der Waals surface area contributed by atoms with Crippen molar-refractivity contribution in [1.29, 1.82) is 0 Å². The van der Waals surface area contributed by atoms with Crippen LogP contribution in [0.5, 0.6) is 0 Å². The summed E-state index contributed by atoms with van der Waals surface area (Å²) in [5.41, 5.74) is 7.25. The van der Waals surface area contributed by atoms with E-state index in [0.717, 1.165) is 24.6 Å². The van der Waals surface area contributed by atoms with Crippen molar-refractivity contribution in [3.05, 3.63) is 53.0 Å². The predicted molar refractivity (Wildman–Crippen MR) is 101 cm³/mol. The Balaban J connectivity index is 1.61. The molecule has 0 radical (unpaired) electrons. The van der Waals surface area contributed by atoms with Crippen LogP contribution in [0.25, 0.3) is 5.65 Å². The van der Waals surface area contributed by atoms with Gasteiger partial charge in [-0.05, 0) is 28.1 Å². The molecule has 134 valence electrons. The second-order valence-electron chi connectivity index (χ2n) is 5.74. The van der Waals surface area contributed by atoms with Gasteiger partial charge in [-0.2, -0.15) is 0 Å². The minimum Gasteiger partial charge on any atom is -0.378 e. The molecule has 1 saturated heterocycles. The Labute approximate surface area is 158 Å². The second-order valence-corrected chi connectivity index (χ2v) is 6.49. The SMILES string of the molecule is O=C(NNc1ccccc1)c1nc2c(N3CCOCC3)nccn2c1Br. The number of imidazole rings is 1. The highest BCUT2D eigenvalue weighted by molar-refractivity contribution is 9.10. The number of hydrogen-bond donors (Lipinski definition) is 2. The first-order valence-corrected chi connectivity index (χ1v) is 9.00. The number of rotatable bonds is 4. The van der Waals surface area contributed by atoms with Crippen molar-refractivity contribution in [1.82, 2.24) is 19.8 Å². The summed E-state index contributed by atoms with van der Waals surface area (Å²) in [7, 11) is 0. The molecular formula is C17H17BrN6O2. The van der Waals surface area contributed by atoms with Gasteiger partial charge in [-0.15, -0.1) is 0 Å². The fourth-order valence-electron chi connectivity index (χ4n) is 2.79. The lowest BCUT2D eigenvalue weighted by Gasteiger charge is -2.27. The number of morpholine rings is 1. The number of ether oxygens (including phenoxy) is 1. The number of hydrogen-bond acceptors (Lipinski definition) is 6. The first-order chi connectivity index (χ1) is 12.7. The molecule has 1 aliphatic rings. The van der Waals surface area contributed by atoms with E-state index in [1.54, 1.807) is 12.4 Å². The molecule has 9 heteroatoms. The number of nitrogens with one attached hydrogen (secondary N) is 2. The smallest absolute Gasteiger partial charge is 0.291 e. The monoisotopic (exact) mass is 416 g/mol. The largest absolute Gasteiger partial charge is 0.378 e. The van der Waals surface area contributed by atoms with E-state index in [-0.39, 0.29) is 11.6 Å². The van der Waals surface area contributed by atoms with Gasteiger partial charge in [-0.1, -0.05) is 18.2 Å². The first kappa shape index (κ1) is 16.8. The van der Waals surface area contributed by atoms with Crippen LogP contribution in [0.4, 0.5) is 11.5 Å². The van der Waals surface area contributed by atoms with Gasteiger partial charge in [0.1, 0.15) is 4.60 Å². The molecule has 26 heavy (non-hydrogen) atoms. The van der Waals surface area contributed by atoms with E-state index in [1.165, 1.54) is 0 Å². The van der Waals surface area contributed by atoms with Crippen LogP contribution in [-0.4, -0.2) is 46.6 Å². The van der Waals surface area contributed by atoms with E-state index in [9.17, 15) is 4.79 Å². The van der Waals surface area contributed by atoms with Crippen molar-refractivity contribution in [2.75, 3.05) is 36.6 Å². The molecule has 8 nitrogen and oxygen atoms in total. The molecule has 2 N–H and O–H groups in total. The van der Waals surface area contributed by atoms with Crippen LogP contribution in [-0.2, 0) is 4.74 Å². The Morgan fingerprint density at radius 1 is 1.19 bits per heavy atom. The van der Waals surface area contributed by atoms with Crippen LogP contribution in [0.1, 0.15) is 10.5 Å². The maximum Gasteiger partial charge on any atom is 0.291 e. The maximum atomic E-state index is 12.6. The zero-order chi connectivity index (χ0) is 17.9. The number of aromatic nitrogens is 3. The number of amides is 1. The molecule has 1 aromatic carbocycles. The average molecular weight is 417 g/mol. The molecule has 0 aliphatic carbocycles. The van der Waals surface area contributed by atoms with Gasteiger partial charge in [0.25, 0.3) is 5.91 Å². The summed E-state index contributed by atoms with van der Waals surface area (Å²) in [5.74, 6) is 0.406. The number of fused-ring (bicyclic) bond motifs is 1. The third-order valence-corrected chi connectivity index (χ3v) is 4.84. The number of carbonyl (C=O) groups excluding carboxylic acids is 1. The highest BCUT2D eigenvalue weighted by Gasteiger charge is 2.22. The Bertz CT molecular complexity index is 924. The van der Waals surface area contributed by atoms with Crippen molar-refractivity contribution in [3.63, 3.8) is 0 Å². The molecule has 0 spiro atoms. The quantitative estimate of drug-likeness (QED) is 0.633. The van der Waals surface area contributed by atoms with E-state index in [0.29, 0.717) is 23.5 Å².